The second-order valence-corrected chi connectivity index (χ2v) is 4.64. The molecule has 0 aliphatic carbocycles. The van der Waals surface area contributed by atoms with Gasteiger partial charge in [0, 0.05) is 5.56 Å². The molecule has 0 fully saturated rings. The minimum atomic E-state index is -0.513. The van der Waals surface area contributed by atoms with Crippen LogP contribution in [-0.4, -0.2) is 21.2 Å². The number of anilines is 1. The van der Waals surface area contributed by atoms with Gasteiger partial charge in [0.25, 0.3) is 17.0 Å². The van der Waals surface area contributed by atoms with Gasteiger partial charge in [0.15, 0.2) is 0 Å². The van der Waals surface area contributed by atoms with E-state index < -0.39 is 17.0 Å². The number of benzene rings is 2. The van der Waals surface area contributed by atoms with E-state index in [1.807, 2.05) is 0 Å². The largest absolute Gasteiger partial charge is 0.508 e. The van der Waals surface area contributed by atoms with E-state index in [4.69, 9.17) is 0 Å². The monoisotopic (exact) mass is 297 g/mol. The lowest BCUT2D eigenvalue weighted by atomic mass is 10.1. The molecule has 0 bridgehead atoms. The van der Waals surface area contributed by atoms with Crippen LogP contribution >= 0.6 is 0 Å². The Hall–Kier alpha value is -3.35. The van der Waals surface area contributed by atoms with Crippen LogP contribution in [0.15, 0.2) is 52.1 Å². The Balaban J connectivity index is 2.08. The van der Waals surface area contributed by atoms with E-state index in [0.29, 0.717) is 0 Å². The van der Waals surface area contributed by atoms with Crippen molar-refractivity contribution in [3.8, 4) is 5.75 Å². The number of H-pyrrole nitrogens is 2. The zero-order valence-electron chi connectivity index (χ0n) is 11.2. The molecule has 3 aromatic rings. The molecular formula is C15H11N3O4. The quantitative estimate of drug-likeness (QED) is 0.568. The van der Waals surface area contributed by atoms with Crippen LogP contribution in [-0.2, 0) is 0 Å². The standard InChI is InChI=1S/C15H11N3O4/c19-9-4-1-3-8(7-9)13(20)16-11-6-2-5-10-12(11)15(22)18-17-14(10)21/h1-7,19H,(H,16,20)(H,17,21)(H,18,22). The van der Waals surface area contributed by atoms with Crippen LogP contribution < -0.4 is 16.4 Å². The van der Waals surface area contributed by atoms with E-state index in [2.05, 4.69) is 15.5 Å². The van der Waals surface area contributed by atoms with Gasteiger partial charge in [0.1, 0.15) is 5.75 Å². The summed E-state index contributed by atoms with van der Waals surface area (Å²) < 4.78 is 0. The van der Waals surface area contributed by atoms with E-state index in [9.17, 15) is 19.5 Å². The Morgan fingerprint density at radius 3 is 2.50 bits per heavy atom. The molecule has 0 aliphatic heterocycles. The Morgan fingerprint density at radius 2 is 1.73 bits per heavy atom. The lowest BCUT2D eigenvalue weighted by Gasteiger charge is -2.08. The second kappa shape index (κ2) is 5.21. The van der Waals surface area contributed by atoms with Crippen LogP contribution in [0.2, 0.25) is 0 Å². The molecule has 0 saturated heterocycles. The molecule has 1 heterocycles. The molecular weight excluding hydrogens is 286 g/mol. The number of aromatic nitrogens is 2. The number of amides is 1. The highest BCUT2D eigenvalue weighted by Crippen LogP contribution is 2.18. The molecule has 1 amide bonds. The van der Waals surface area contributed by atoms with Gasteiger partial charge in [-0.1, -0.05) is 12.1 Å². The molecule has 0 unspecified atom stereocenters. The molecule has 110 valence electrons. The summed E-state index contributed by atoms with van der Waals surface area (Å²) in [4.78, 5) is 35.8. The van der Waals surface area contributed by atoms with Crippen LogP contribution in [0.1, 0.15) is 10.4 Å². The van der Waals surface area contributed by atoms with Crippen LogP contribution in [0, 0.1) is 0 Å². The fourth-order valence-electron chi connectivity index (χ4n) is 2.18. The molecule has 22 heavy (non-hydrogen) atoms. The molecule has 7 nitrogen and oxygen atoms in total. The Kier molecular flexibility index (Phi) is 3.23. The van der Waals surface area contributed by atoms with Crippen molar-refractivity contribution in [2.45, 2.75) is 0 Å². The fourth-order valence-corrected chi connectivity index (χ4v) is 2.18. The average molecular weight is 297 g/mol. The molecule has 7 heteroatoms. The van der Waals surface area contributed by atoms with E-state index in [-0.39, 0.29) is 27.8 Å². The summed E-state index contributed by atoms with van der Waals surface area (Å²) in [5, 5.41) is 16.7. The van der Waals surface area contributed by atoms with Gasteiger partial charge in [-0.25, -0.2) is 0 Å². The number of aromatic hydroxyl groups is 1. The van der Waals surface area contributed by atoms with E-state index >= 15 is 0 Å². The molecule has 1 aromatic heterocycles. The van der Waals surface area contributed by atoms with Crippen molar-refractivity contribution in [2.75, 3.05) is 5.32 Å². The van der Waals surface area contributed by atoms with Crippen molar-refractivity contribution in [2.24, 2.45) is 0 Å². The predicted octanol–water partition coefficient (Wildman–Crippen LogP) is 1.17. The van der Waals surface area contributed by atoms with Crippen molar-refractivity contribution in [1.29, 1.82) is 0 Å². The van der Waals surface area contributed by atoms with Crippen molar-refractivity contribution >= 4 is 22.4 Å². The first-order valence-corrected chi connectivity index (χ1v) is 6.40. The molecule has 0 aliphatic rings. The first-order valence-electron chi connectivity index (χ1n) is 6.40. The number of nitrogens with one attached hydrogen (secondary N) is 3. The van der Waals surface area contributed by atoms with Gasteiger partial charge in [-0.2, -0.15) is 0 Å². The zero-order valence-corrected chi connectivity index (χ0v) is 11.2. The number of aromatic amines is 2. The Morgan fingerprint density at radius 1 is 1.00 bits per heavy atom. The van der Waals surface area contributed by atoms with Gasteiger partial charge < -0.3 is 10.4 Å². The molecule has 0 saturated carbocycles. The molecule has 0 atom stereocenters. The van der Waals surface area contributed by atoms with Gasteiger partial charge in [-0.3, -0.25) is 24.6 Å². The van der Waals surface area contributed by atoms with Gasteiger partial charge in [0.05, 0.1) is 16.5 Å². The number of hydrogen-bond acceptors (Lipinski definition) is 4. The van der Waals surface area contributed by atoms with Gasteiger partial charge in [-0.15, -0.1) is 0 Å². The number of fused-ring (bicyclic) bond motifs is 1. The van der Waals surface area contributed by atoms with E-state index in [1.54, 1.807) is 6.07 Å². The Labute approximate surface area is 123 Å². The molecule has 3 rings (SSSR count). The maximum Gasteiger partial charge on any atom is 0.272 e. The van der Waals surface area contributed by atoms with Gasteiger partial charge in [-0.05, 0) is 30.3 Å². The highest BCUT2D eigenvalue weighted by molar-refractivity contribution is 6.08. The summed E-state index contributed by atoms with van der Waals surface area (Å²) >= 11 is 0. The van der Waals surface area contributed by atoms with Crippen LogP contribution in [0.3, 0.4) is 0 Å². The maximum atomic E-state index is 12.2. The summed E-state index contributed by atoms with van der Waals surface area (Å²) in [6.07, 6.45) is 0. The van der Waals surface area contributed by atoms with Crippen LogP contribution in [0.5, 0.6) is 5.75 Å². The topological polar surface area (TPSA) is 115 Å². The molecule has 0 spiro atoms. The number of carbonyl (C=O) groups is 1. The van der Waals surface area contributed by atoms with Crippen LogP contribution in [0.25, 0.3) is 10.8 Å². The SMILES string of the molecule is O=C(Nc1cccc2c(=O)[nH][nH]c(=O)c12)c1cccc(O)c1. The summed E-state index contributed by atoms with van der Waals surface area (Å²) in [7, 11) is 0. The zero-order chi connectivity index (χ0) is 15.7. The van der Waals surface area contributed by atoms with Gasteiger partial charge in [0.2, 0.25) is 0 Å². The number of phenolic OH excluding ortho intramolecular Hbond substituents is 1. The third kappa shape index (κ3) is 2.35. The highest BCUT2D eigenvalue weighted by Gasteiger charge is 2.12. The van der Waals surface area contributed by atoms with E-state index in [0.717, 1.165) is 0 Å². The van der Waals surface area contributed by atoms with Gasteiger partial charge >= 0.3 is 0 Å². The lowest BCUT2D eigenvalue weighted by Crippen LogP contribution is -2.21. The summed E-state index contributed by atoms with van der Waals surface area (Å²) in [6, 6.07) is 10.4. The predicted molar refractivity (Wildman–Crippen MR) is 81.2 cm³/mol. The van der Waals surface area contributed by atoms with Crippen molar-refractivity contribution in [1.82, 2.24) is 10.2 Å². The van der Waals surface area contributed by atoms with Crippen molar-refractivity contribution in [3.05, 3.63) is 68.7 Å². The number of hydrogen-bond donors (Lipinski definition) is 4. The first-order chi connectivity index (χ1) is 10.6. The highest BCUT2D eigenvalue weighted by atomic mass is 16.3. The number of carbonyl (C=O) groups excluding carboxylic acids is 1. The van der Waals surface area contributed by atoms with E-state index in [1.165, 1.54) is 36.4 Å². The smallest absolute Gasteiger partial charge is 0.272 e. The second-order valence-electron chi connectivity index (χ2n) is 4.64. The summed E-state index contributed by atoms with van der Waals surface area (Å²) in [6.45, 7) is 0. The number of phenols is 1. The average Bonchev–Trinajstić information content (AvgIpc) is 2.51. The minimum absolute atomic E-state index is 0.0418. The third-order valence-electron chi connectivity index (χ3n) is 3.18. The first kappa shape index (κ1) is 13.6. The minimum Gasteiger partial charge on any atom is -0.508 e. The summed E-state index contributed by atoms with van der Waals surface area (Å²) in [5.74, 6) is -0.539. The third-order valence-corrected chi connectivity index (χ3v) is 3.18. The summed E-state index contributed by atoms with van der Waals surface area (Å²) in [5.41, 5.74) is -0.513. The number of rotatable bonds is 2. The fraction of sp³-hybridized carbons (Fsp3) is 0. The normalized spacial score (nSPS) is 10.5. The van der Waals surface area contributed by atoms with Crippen molar-refractivity contribution < 1.29 is 9.90 Å². The van der Waals surface area contributed by atoms with Crippen LogP contribution in [0.4, 0.5) is 5.69 Å². The lowest BCUT2D eigenvalue weighted by molar-refractivity contribution is 0.102. The van der Waals surface area contributed by atoms with Crippen molar-refractivity contribution in [3.63, 3.8) is 0 Å². The maximum absolute atomic E-state index is 12.2. The molecule has 0 radical (unpaired) electrons. The molecule has 2 aromatic carbocycles. The molecule has 4 N–H and O–H groups in total. The Bertz CT molecular complexity index is 988.